The van der Waals surface area contributed by atoms with Crippen molar-refractivity contribution in [3.63, 3.8) is 0 Å². The molecule has 1 aromatic carbocycles. The summed E-state index contributed by atoms with van der Waals surface area (Å²) in [5.41, 5.74) is 8.30. The molecule has 10 heteroatoms. The first-order chi connectivity index (χ1) is 16.4. The second-order valence-corrected chi connectivity index (χ2v) is 8.93. The van der Waals surface area contributed by atoms with Gasteiger partial charge < -0.3 is 15.7 Å². The molecule has 1 atom stereocenters. The van der Waals surface area contributed by atoms with E-state index >= 15 is 0 Å². The lowest BCUT2D eigenvalue weighted by atomic mass is 10.1. The van der Waals surface area contributed by atoms with Gasteiger partial charge in [-0.2, -0.15) is 5.10 Å². The molecule has 1 amide bonds. The molecule has 10 nitrogen and oxygen atoms in total. The maximum atomic E-state index is 12.7. The molecule has 1 aliphatic carbocycles. The number of aromatic nitrogens is 4. The van der Waals surface area contributed by atoms with Crippen molar-refractivity contribution in [2.75, 3.05) is 32.4 Å². The van der Waals surface area contributed by atoms with E-state index in [1.165, 1.54) is 31.3 Å². The van der Waals surface area contributed by atoms with Crippen LogP contribution in [0.25, 0.3) is 22.3 Å². The van der Waals surface area contributed by atoms with Crippen LogP contribution >= 0.6 is 0 Å². The zero-order chi connectivity index (χ0) is 23.8. The highest BCUT2D eigenvalue weighted by atomic mass is 16.4. The Morgan fingerprint density at radius 2 is 1.97 bits per heavy atom. The molecule has 34 heavy (non-hydrogen) atoms. The maximum Gasteiger partial charge on any atom is 0.335 e. The van der Waals surface area contributed by atoms with Gasteiger partial charge in [-0.15, -0.1) is 0 Å². The molecule has 0 bridgehead atoms. The van der Waals surface area contributed by atoms with E-state index in [9.17, 15) is 14.7 Å². The number of aromatic carboxylic acids is 1. The third kappa shape index (κ3) is 4.24. The number of fused-ring (bicyclic) bond motifs is 1. The van der Waals surface area contributed by atoms with Crippen LogP contribution in [-0.2, 0) is 4.79 Å². The van der Waals surface area contributed by atoms with Crippen molar-refractivity contribution in [3.05, 3.63) is 48.3 Å². The molecular weight excluding hydrogens is 434 g/mol. The first-order valence-electron chi connectivity index (χ1n) is 11.4. The first kappa shape index (κ1) is 22.0. The standard InChI is InChI=1S/C24H27N7O3/c1-29(17-8-9-17)11-2-3-19(32)30-12-10-18(13-30)31-23-20(22(25)26-14-27-23)21(28-31)15-4-6-16(7-5-15)24(33)34/h2-7,14,17-18H,8-13H2,1H3,(H,33,34)(H2,25,26,27)/b3-2+. The van der Waals surface area contributed by atoms with E-state index in [4.69, 9.17) is 10.8 Å². The van der Waals surface area contributed by atoms with Crippen molar-refractivity contribution in [3.8, 4) is 11.3 Å². The molecule has 3 N–H and O–H groups in total. The molecule has 2 aliphatic rings. The van der Waals surface area contributed by atoms with E-state index in [1.807, 2.05) is 15.7 Å². The number of nitrogen functional groups attached to an aromatic ring is 1. The molecule has 2 fully saturated rings. The number of hydrogen-bond acceptors (Lipinski definition) is 7. The van der Waals surface area contributed by atoms with Gasteiger partial charge in [0.05, 0.1) is 17.0 Å². The summed E-state index contributed by atoms with van der Waals surface area (Å²) in [5, 5.41) is 14.6. The molecule has 5 rings (SSSR count). The Kier molecular flexibility index (Phi) is 5.74. The number of carbonyl (C=O) groups excluding carboxylic acids is 1. The fourth-order valence-electron chi connectivity index (χ4n) is 4.45. The maximum absolute atomic E-state index is 12.7. The fraction of sp³-hybridized carbons (Fsp3) is 0.375. The number of nitrogens with zero attached hydrogens (tertiary/aromatic N) is 6. The third-order valence-electron chi connectivity index (χ3n) is 6.57. The smallest absolute Gasteiger partial charge is 0.335 e. The first-order valence-corrected chi connectivity index (χ1v) is 11.4. The van der Waals surface area contributed by atoms with E-state index in [0.717, 1.165) is 18.5 Å². The molecule has 176 valence electrons. The summed E-state index contributed by atoms with van der Waals surface area (Å²) in [7, 11) is 2.08. The molecule has 1 unspecified atom stereocenters. The van der Waals surface area contributed by atoms with Gasteiger partial charge in [0, 0.05) is 37.3 Å². The minimum absolute atomic E-state index is 0.00165. The normalized spacial score (nSPS) is 18.4. The second kappa shape index (κ2) is 8.86. The summed E-state index contributed by atoms with van der Waals surface area (Å²) in [6, 6.07) is 7.09. The van der Waals surface area contributed by atoms with E-state index < -0.39 is 5.97 Å². The Bertz CT molecular complexity index is 1260. The molecule has 0 radical (unpaired) electrons. The third-order valence-corrected chi connectivity index (χ3v) is 6.57. The fourth-order valence-corrected chi connectivity index (χ4v) is 4.45. The van der Waals surface area contributed by atoms with E-state index in [-0.39, 0.29) is 17.5 Å². The predicted octanol–water partition coefficient (Wildman–Crippen LogP) is 2.20. The number of amides is 1. The molecule has 3 aromatic rings. The molecule has 1 saturated carbocycles. The van der Waals surface area contributed by atoms with Gasteiger partial charge in [0.1, 0.15) is 17.8 Å². The van der Waals surface area contributed by atoms with Crippen LogP contribution < -0.4 is 5.73 Å². The largest absolute Gasteiger partial charge is 0.478 e. The molecule has 1 saturated heterocycles. The highest BCUT2D eigenvalue weighted by Crippen LogP contribution is 2.34. The molecule has 0 spiro atoms. The van der Waals surface area contributed by atoms with Crippen LogP contribution in [0.15, 0.2) is 42.7 Å². The van der Waals surface area contributed by atoms with Gasteiger partial charge in [-0.25, -0.2) is 19.4 Å². The van der Waals surface area contributed by atoms with Crippen LogP contribution in [0.5, 0.6) is 0 Å². The quantitative estimate of drug-likeness (QED) is 0.512. The molecule has 1 aliphatic heterocycles. The number of likely N-dealkylation sites (N-methyl/N-ethyl adjacent to an activating group) is 1. The average molecular weight is 462 g/mol. The van der Waals surface area contributed by atoms with Gasteiger partial charge in [0.25, 0.3) is 0 Å². The summed E-state index contributed by atoms with van der Waals surface area (Å²) in [6.45, 7) is 1.94. The van der Waals surface area contributed by atoms with E-state index in [1.54, 1.807) is 18.2 Å². The van der Waals surface area contributed by atoms with Crippen LogP contribution in [0, 0.1) is 0 Å². The lowest BCUT2D eigenvalue weighted by molar-refractivity contribution is -0.125. The number of carboxylic acids is 1. The second-order valence-electron chi connectivity index (χ2n) is 8.93. The minimum Gasteiger partial charge on any atom is -0.478 e. The topological polar surface area (TPSA) is 130 Å². The van der Waals surface area contributed by atoms with Crippen LogP contribution in [0.3, 0.4) is 0 Å². The Labute approximate surface area is 196 Å². The van der Waals surface area contributed by atoms with Gasteiger partial charge in [0.2, 0.25) is 5.91 Å². The number of nitrogens with two attached hydrogens (primary N) is 1. The van der Waals surface area contributed by atoms with Crippen LogP contribution in [-0.4, -0.2) is 79.3 Å². The van der Waals surface area contributed by atoms with Crippen LogP contribution in [0.1, 0.15) is 35.7 Å². The van der Waals surface area contributed by atoms with Crippen molar-refractivity contribution in [1.29, 1.82) is 0 Å². The Hall–Kier alpha value is -3.79. The lowest BCUT2D eigenvalue weighted by Crippen LogP contribution is -2.28. The highest BCUT2D eigenvalue weighted by molar-refractivity contribution is 5.99. The van der Waals surface area contributed by atoms with Crippen molar-refractivity contribution in [1.82, 2.24) is 29.5 Å². The van der Waals surface area contributed by atoms with Gasteiger partial charge in [-0.3, -0.25) is 9.69 Å². The SMILES string of the molecule is CN(C/C=C/C(=O)N1CCC(n2nc(-c3ccc(C(=O)O)cc3)c3c(N)ncnc32)C1)C1CC1. The van der Waals surface area contributed by atoms with Gasteiger partial charge in [0.15, 0.2) is 5.65 Å². The minimum atomic E-state index is -0.992. The summed E-state index contributed by atoms with van der Waals surface area (Å²) in [6.07, 6.45) is 8.24. The molecule has 2 aromatic heterocycles. The number of anilines is 1. The van der Waals surface area contributed by atoms with Crippen molar-refractivity contribution < 1.29 is 14.7 Å². The predicted molar refractivity (Wildman–Crippen MR) is 127 cm³/mol. The Balaban J connectivity index is 1.38. The van der Waals surface area contributed by atoms with Gasteiger partial charge >= 0.3 is 5.97 Å². The zero-order valence-corrected chi connectivity index (χ0v) is 19.0. The van der Waals surface area contributed by atoms with E-state index in [2.05, 4.69) is 21.9 Å². The number of rotatable bonds is 7. The summed E-state index contributed by atoms with van der Waals surface area (Å²) >= 11 is 0. The van der Waals surface area contributed by atoms with Crippen LogP contribution in [0.4, 0.5) is 5.82 Å². The Morgan fingerprint density at radius 3 is 2.68 bits per heavy atom. The van der Waals surface area contributed by atoms with Crippen LogP contribution in [0.2, 0.25) is 0 Å². The lowest BCUT2D eigenvalue weighted by Gasteiger charge is -2.16. The van der Waals surface area contributed by atoms with Crippen molar-refractivity contribution in [2.24, 2.45) is 0 Å². The number of carbonyl (C=O) groups is 2. The summed E-state index contributed by atoms with van der Waals surface area (Å²) in [5.74, 6) is -0.683. The van der Waals surface area contributed by atoms with Crippen molar-refractivity contribution >= 4 is 28.7 Å². The van der Waals surface area contributed by atoms with Gasteiger partial charge in [-0.05, 0) is 38.4 Å². The van der Waals surface area contributed by atoms with Crippen molar-refractivity contribution in [2.45, 2.75) is 31.3 Å². The number of carboxylic acid groups (broad SMARTS) is 1. The number of benzene rings is 1. The Morgan fingerprint density at radius 1 is 1.21 bits per heavy atom. The molecule has 3 heterocycles. The van der Waals surface area contributed by atoms with E-state index in [0.29, 0.717) is 41.7 Å². The monoisotopic (exact) mass is 461 g/mol. The van der Waals surface area contributed by atoms with Gasteiger partial charge in [-0.1, -0.05) is 18.2 Å². The highest BCUT2D eigenvalue weighted by Gasteiger charge is 2.30. The average Bonchev–Trinajstić information content (AvgIpc) is 3.44. The number of likely N-dealkylation sites (tertiary alicyclic amines) is 1. The molecular formula is C24H27N7O3. The zero-order valence-electron chi connectivity index (χ0n) is 19.0. The summed E-state index contributed by atoms with van der Waals surface area (Å²) < 4.78 is 1.83. The number of hydrogen-bond donors (Lipinski definition) is 2. The summed E-state index contributed by atoms with van der Waals surface area (Å²) in [4.78, 5) is 36.6.